The Morgan fingerprint density at radius 1 is 1.20 bits per heavy atom. The second kappa shape index (κ2) is 9.61. The van der Waals surface area contributed by atoms with E-state index in [0.717, 1.165) is 16.8 Å². The van der Waals surface area contributed by atoms with E-state index in [-0.39, 0.29) is 23.7 Å². The van der Waals surface area contributed by atoms with Crippen LogP contribution in [-0.4, -0.2) is 43.4 Å². The van der Waals surface area contributed by atoms with Crippen LogP contribution in [0.2, 0.25) is 0 Å². The first-order valence-corrected chi connectivity index (χ1v) is 9.89. The number of carbonyl (C=O) groups is 1. The Morgan fingerprint density at radius 3 is 2.63 bits per heavy atom. The van der Waals surface area contributed by atoms with Gasteiger partial charge in [0, 0.05) is 24.4 Å². The van der Waals surface area contributed by atoms with E-state index in [1.54, 1.807) is 25.2 Å². The van der Waals surface area contributed by atoms with Gasteiger partial charge in [-0.2, -0.15) is 0 Å². The molecule has 2 aromatic carbocycles. The fourth-order valence-electron chi connectivity index (χ4n) is 3.41. The zero-order valence-corrected chi connectivity index (χ0v) is 17.7. The van der Waals surface area contributed by atoms with Gasteiger partial charge in [-0.15, -0.1) is 0 Å². The highest BCUT2D eigenvalue weighted by Crippen LogP contribution is 2.29. The molecule has 1 aliphatic heterocycles. The number of halogens is 1. The van der Waals surface area contributed by atoms with Gasteiger partial charge in [0.15, 0.2) is 17.6 Å². The number of benzene rings is 2. The number of amides is 1. The predicted molar refractivity (Wildman–Crippen MR) is 112 cm³/mol. The van der Waals surface area contributed by atoms with Crippen LogP contribution in [0.25, 0.3) is 0 Å². The van der Waals surface area contributed by atoms with Gasteiger partial charge in [-0.25, -0.2) is 4.39 Å². The molecular weight excluding hydrogens is 387 g/mol. The van der Waals surface area contributed by atoms with E-state index >= 15 is 0 Å². The highest BCUT2D eigenvalue weighted by Gasteiger charge is 2.28. The summed E-state index contributed by atoms with van der Waals surface area (Å²) in [7, 11) is 3.17. The molecular formula is C23H27FN2O4. The van der Waals surface area contributed by atoms with E-state index in [9.17, 15) is 9.18 Å². The third-order valence-electron chi connectivity index (χ3n) is 4.94. The van der Waals surface area contributed by atoms with Crippen molar-refractivity contribution in [2.45, 2.75) is 32.9 Å². The average Bonchev–Trinajstić information content (AvgIpc) is 3.20. The first-order chi connectivity index (χ1) is 14.4. The summed E-state index contributed by atoms with van der Waals surface area (Å²) in [4.78, 5) is 20.1. The van der Waals surface area contributed by atoms with Gasteiger partial charge in [0.05, 0.1) is 26.5 Å². The van der Waals surface area contributed by atoms with Crippen LogP contribution in [0.1, 0.15) is 31.4 Å². The van der Waals surface area contributed by atoms with Gasteiger partial charge >= 0.3 is 0 Å². The van der Waals surface area contributed by atoms with Gasteiger partial charge < -0.3 is 19.2 Å². The van der Waals surface area contributed by atoms with E-state index in [1.165, 1.54) is 12.1 Å². The summed E-state index contributed by atoms with van der Waals surface area (Å²) < 4.78 is 24.2. The molecule has 7 heteroatoms. The van der Waals surface area contributed by atoms with Crippen LogP contribution >= 0.6 is 0 Å². The molecule has 30 heavy (non-hydrogen) atoms. The molecule has 1 heterocycles. The normalized spacial score (nSPS) is 15.5. The molecule has 0 saturated carbocycles. The molecule has 0 aromatic heterocycles. The van der Waals surface area contributed by atoms with Gasteiger partial charge in [-0.1, -0.05) is 31.1 Å². The molecule has 0 aliphatic carbocycles. The first-order valence-electron chi connectivity index (χ1n) is 9.89. The van der Waals surface area contributed by atoms with Crippen LogP contribution in [-0.2, 0) is 16.2 Å². The summed E-state index contributed by atoms with van der Waals surface area (Å²) in [5.41, 5.74) is 2.40. The number of methoxy groups -OCH3 is 2. The Bertz CT molecular complexity index is 929. The summed E-state index contributed by atoms with van der Waals surface area (Å²) >= 11 is 0. The van der Waals surface area contributed by atoms with Crippen LogP contribution in [0.5, 0.6) is 11.5 Å². The van der Waals surface area contributed by atoms with Crippen LogP contribution in [0, 0.1) is 11.7 Å². The van der Waals surface area contributed by atoms with Crippen LogP contribution in [0.4, 0.5) is 4.39 Å². The molecule has 1 aliphatic rings. The second-order valence-corrected chi connectivity index (χ2v) is 7.54. The third-order valence-corrected chi connectivity index (χ3v) is 4.94. The maximum atomic E-state index is 13.6. The van der Waals surface area contributed by atoms with E-state index in [4.69, 9.17) is 14.3 Å². The minimum atomic E-state index is -0.319. The lowest BCUT2D eigenvalue weighted by Crippen LogP contribution is -2.39. The van der Waals surface area contributed by atoms with Gasteiger partial charge in [0.25, 0.3) is 0 Å². The van der Waals surface area contributed by atoms with Gasteiger partial charge in [0.2, 0.25) is 5.91 Å². The lowest BCUT2D eigenvalue weighted by molar-refractivity contribution is -0.137. The van der Waals surface area contributed by atoms with Gasteiger partial charge in [-0.3, -0.25) is 4.79 Å². The minimum absolute atomic E-state index is 0.0116. The molecule has 0 spiro atoms. The minimum Gasteiger partial charge on any atom is -0.493 e. The number of hydrogen-bond acceptors (Lipinski definition) is 5. The SMILES string of the molecule is COc1ccc(C2=NO[C@@H](CN(Cc3cccc(F)c3)C(=O)C(C)C)C2)cc1OC. The molecule has 0 fully saturated rings. The number of nitrogens with zero attached hydrogens (tertiary/aromatic N) is 2. The Hall–Kier alpha value is -3.09. The molecule has 0 saturated heterocycles. The van der Waals surface area contributed by atoms with Crippen molar-refractivity contribution in [1.29, 1.82) is 0 Å². The Morgan fingerprint density at radius 2 is 1.97 bits per heavy atom. The molecule has 0 bridgehead atoms. The van der Waals surface area contributed by atoms with Crippen molar-refractivity contribution in [3.8, 4) is 11.5 Å². The topological polar surface area (TPSA) is 60.4 Å². The fourth-order valence-corrected chi connectivity index (χ4v) is 3.41. The summed E-state index contributed by atoms with van der Waals surface area (Å²) in [6, 6.07) is 11.9. The van der Waals surface area contributed by atoms with Crippen molar-refractivity contribution >= 4 is 11.6 Å². The monoisotopic (exact) mass is 414 g/mol. The number of oxime groups is 1. The number of carbonyl (C=O) groups excluding carboxylic acids is 1. The standard InChI is InChI=1S/C23H27FN2O4/c1-15(2)23(27)26(13-16-6-5-7-18(24)10-16)14-19-12-20(25-30-19)17-8-9-21(28-3)22(11-17)29-4/h5-11,15,19H,12-14H2,1-4H3/t19-/m1/s1. The lowest BCUT2D eigenvalue weighted by Gasteiger charge is -2.26. The number of hydrogen-bond donors (Lipinski definition) is 0. The lowest BCUT2D eigenvalue weighted by atomic mass is 10.0. The van der Waals surface area contributed by atoms with Crippen LogP contribution < -0.4 is 9.47 Å². The number of ether oxygens (including phenoxy) is 2. The smallest absolute Gasteiger partial charge is 0.225 e. The molecule has 160 valence electrons. The van der Waals surface area contributed by atoms with E-state index in [0.29, 0.717) is 31.0 Å². The Labute approximate surface area is 176 Å². The van der Waals surface area contributed by atoms with E-state index < -0.39 is 0 Å². The quantitative estimate of drug-likeness (QED) is 0.655. The molecule has 0 unspecified atom stereocenters. The fraction of sp³-hybridized carbons (Fsp3) is 0.391. The van der Waals surface area contributed by atoms with Crippen molar-refractivity contribution in [2.24, 2.45) is 11.1 Å². The molecule has 1 amide bonds. The summed E-state index contributed by atoms with van der Waals surface area (Å²) in [6.07, 6.45) is 0.282. The van der Waals surface area contributed by atoms with Crippen molar-refractivity contribution < 1.29 is 23.5 Å². The van der Waals surface area contributed by atoms with Crippen molar-refractivity contribution in [3.63, 3.8) is 0 Å². The van der Waals surface area contributed by atoms with Crippen LogP contribution in [0.3, 0.4) is 0 Å². The zero-order valence-electron chi connectivity index (χ0n) is 17.7. The van der Waals surface area contributed by atoms with Crippen molar-refractivity contribution in [2.75, 3.05) is 20.8 Å². The summed E-state index contributed by atoms with van der Waals surface area (Å²) in [5.74, 6) is 0.749. The zero-order chi connectivity index (χ0) is 21.7. The Balaban J connectivity index is 1.70. The molecule has 2 aromatic rings. The Kier molecular flexibility index (Phi) is 6.92. The van der Waals surface area contributed by atoms with Crippen molar-refractivity contribution in [3.05, 3.63) is 59.4 Å². The molecule has 1 atom stereocenters. The van der Waals surface area contributed by atoms with Gasteiger partial charge in [-0.05, 0) is 35.9 Å². The first kappa shape index (κ1) is 21.6. The van der Waals surface area contributed by atoms with Gasteiger partial charge in [0.1, 0.15) is 5.82 Å². The summed E-state index contributed by atoms with van der Waals surface area (Å²) in [5, 5.41) is 4.22. The van der Waals surface area contributed by atoms with Crippen molar-refractivity contribution in [1.82, 2.24) is 4.90 Å². The molecule has 0 radical (unpaired) electrons. The molecule has 6 nitrogen and oxygen atoms in total. The summed E-state index contributed by atoms with van der Waals surface area (Å²) in [6.45, 7) is 4.39. The predicted octanol–water partition coefficient (Wildman–Crippen LogP) is 4.02. The maximum absolute atomic E-state index is 13.6. The number of rotatable bonds is 8. The average molecular weight is 414 g/mol. The van der Waals surface area contributed by atoms with E-state index in [1.807, 2.05) is 38.1 Å². The maximum Gasteiger partial charge on any atom is 0.225 e. The molecule has 0 N–H and O–H groups in total. The van der Waals surface area contributed by atoms with Crippen LogP contribution in [0.15, 0.2) is 47.6 Å². The third kappa shape index (κ3) is 5.09. The second-order valence-electron chi connectivity index (χ2n) is 7.54. The highest BCUT2D eigenvalue weighted by molar-refractivity contribution is 6.01. The largest absolute Gasteiger partial charge is 0.493 e. The highest BCUT2D eigenvalue weighted by atomic mass is 19.1. The van der Waals surface area contributed by atoms with E-state index in [2.05, 4.69) is 5.16 Å². The molecule has 3 rings (SSSR count).